The number of anilines is 2. The second-order valence-electron chi connectivity index (χ2n) is 4.29. The SMILES string of the molecule is CCCNc1nc(NCc2ccncc2)c(Cl)cc1Cl. The van der Waals surface area contributed by atoms with Crippen molar-refractivity contribution >= 4 is 34.8 Å². The third-order valence-electron chi connectivity index (χ3n) is 2.68. The minimum atomic E-state index is 0.506. The fourth-order valence-corrected chi connectivity index (χ4v) is 2.14. The van der Waals surface area contributed by atoms with Crippen molar-refractivity contribution in [3.8, 4) is 0 Å². The first kappa shape index (κ1) is 14.9. The molecule has 0 aliphatic carbocycles. The van der Waals surface area contributed by atoms with Crippen LogP contribution in [0, 0.1) is 0 Å². The number of nitrogens with zero attached hydrogens (tertiary/aromatic N) is 2. The minimum Gasteiger partial charge on any atom is -0.369 e. The third-order valence-corrected chi connectivity index (χ3v) is 3.26. The number of hydrogen-bond acceptors (Lipinski definition) is 4. The van der Waals surface area contributed by atoms with Crippen LogP contribution in [0.5, 0.6) is 0 Å². The Labute approximate surface area is 128 Å². The fourth-order valence-electron chi connectivity index (χ4n) is 1.64. The van der Waals surface area contributed by atoms with E-state index in [1.165, 1.54) is 0 Å². The van der Waals surface area contributed by atoms with Crippen LogP contribution in [0.1, 0.15) is 18.9 Å². The molecule has 0 aliphatic rings. The van der Waals surface area contributed by atoms with Gasteiger partial charge in [0.15, 0.2) is 0 Å². The van der Waals surface area contributed by atoms with Crippen LogP contribution in [0.25, 0.3) is 0 Å². The monoisotopic (exact) mass is 310 g/mol. The lowest BCUT2D eigenvalue weighted by molar-refractivity contribution is 0.968. The molecule has 2 N–H and O–H groups in total. The van der Waals surface area contributed by atoms with Crippen molar-refractivity contribution in [2.24, 2.45) is 0 Å². The van der Waals surface area contributed by atoms with Gasteiger partial charge in [0.1, 0.15) is 11.6 Å². The van der Waals surface area contributed by atoms with Crippen molar-refractivity contribution in [3.63, 3.8) is 0 Å². The molecule has 0 spiro atoms. The van der Waals surface area contributed by atoms with Crippen molar-refractivity contribution in [3.05, 3.63) is 46.2 Å². The topological polar surface area (TPSA) is 49.8 Å². The average Bonchev–Trinajstić information content (AvgIpc) is 2.46. The van der Waals surface area contributed by atoms with E-state index in [9.17, 15) is 0 Å². The van der Waals surface area contributed by atoms with Crippen LogP contribution >= 0.6 is 23.2 Å². The number of pyridine rings is 2. The van der Waals surface area contributed by atoms with E-state index in [4.69, 9.17) is 23.2 Å². The van der Waals surface area contributed by atoms with Gasteiger partial charge in [-0.15, -0.1) is 0 Å². The Morgan fingerprint density at radius 1 is 1.05 bits per heavy atom. The smallest absolute Gasteiger partial charge is 0.147 e. The maximum atomic E-state index is 6.15. The molecule has 0 amide bonds. The summed E-state index contributed by atoms with van der Waals surface area (Å²) in [5, 5.41) is 7.41. The highest BCUT2D eigenvalue weighted by atomic mass is 35.5. The molecule has 0 saturated heterocycles. The van der Waals surface area contributed by atoms with Crippen molar-refractivity contribution in [1.29, 1.82) is 0 Å². The van der Waals surface area contributed by atoms with Crippen LogP contribution in [0.15, 0.2) is 30.6 Å². The van der Waals surface area contributed by atoms with E-state index >= 15 is 0 Å². The molecular weight excluding hydrogens is 295 g/mol. The van der Waals surface area contributed by atoms with Gasteiger partial charge < -0.3 is 10.6 Å². The standard InChI is InChI=1S/C14H16Cl2N4/c1-2-5-18-13-11(15)8-12(16)14(20-13)19-9-10-3-6-17-7-4-10/h3-4,6-8H,2,5,9H2,1H3,(H2,18,19,20). The second kappa shape index (κ2) is 7.31. The second-order valence-corrected chi connectivity index (χ2v) is 5.10. The molecule has 4 nitrogen and oxygen atoms in total. The van der Waals surface area contributed by atoms with Crippen molar-refractivity contribution in [1.82, 2.24) is 9.97 Å². The van der Waals surface area contributed by atoms with E-state index in [0.717, 1.165) is 18.5 Å². The van der Waals surface area contributed by atoms with Gasteiger partial charge in [-0.2, -0.15) is 0 Å². The highest BCUT2D eigenvalue weighted by Crippen LogP contribution is 2.29. The van der Waals surface area contributed by atoms with E-state index in [-0.39, 0.29) is 0 Å². The predicted octanol–water partition coefficient (Wildman–Crippen LogP) is 4.22. The molecule has 0 saturated carbocycles. The first-order valence-electron chi connectivity index (χ1n) is 6.43. The Morgan fingerprint density at radius 2 is 1.70 bits per heavy atom. The molecule has 0 radical (unpaired) electrons. The summed E-state index contributed by atoms with van der Waals surface area (Å²) in [5.41, 5.74) is 1.11. The molecule has 0 unspecified atom stereocenters. The Balaban J connectivity index is 2.10. The van der Waals surface area contributed by atoms with Crippen molar-refractivity contribution in [2.75, 3.05) is 17.2 Å². The number of halogens is 2. The van der Waals surface area contributed by atoms with Gasteiger partial charge in [0.05, 0.1) is 10.0 Å². The van der Waals surface area contributed by atoms with E-state index < -0.39 is 0 Å². The average molecular weight is 311 g/mol. The van der Waals surface area contributed by atoms with Crippen molar-refractivity contribution in [2.45, 2.75) is 19.9 Å². The first-order valence-corrected chi connectivity index (χ1v) is 7.19. The zero-order valence-corrected chi connectivity index (χ0v) is 12.7. The summed E-state index contributed by atoms with van der Waals surface area (Å²) in [4.78, 5) is 8.40. The summed E-state index contributed by atoms with van der Waals surface area (Å²) in [6.07, 6.45) is 4.50. The van der Waals surface area contributed by atoms with Gasteiger partial charge in [0.25, 0.3) is 0 Å². The summed E-state index contributed by atoms with van der Waals surface area (Å²) in [5.74, 6) is 1.27. The maximum absolute atomic E-state index is 6.15. The van der Waals surface area contributed by atoms with Crippen LogP contribution in [0.3, 0.4) is 0 Å². The Kier molecular flexibility index (Phi) is 5.44. The lowest BCUT2D eigenvalue weighted by Crippen LogP contribution is -2.07. The van der Waals surface area contributed by atoms with Gasteiger partial charge in [-0.3, -0.25) is 4.98 Å². The number of aromatic nitrogens is 2. The van der Waals surface area contributed by atoms with Crippen LogP contribution in [-0.4, -0.2) is 16.5 Å². The Morgan fingerprint density at radius 3 is 2.35 bits per heavy atom. The van der Waals surface area contributed by atoms with Crippen LogP contribution in [-0.2, 0) is 6.54 Å². The highest BCUT2D eigenvalue weighted by Gasteiger charge is 2.08. The summed E-state index contributed by atoms with van der Waals surface area (Å²) in [7, 11) is 0. The Hall–Kier alpha value is -1.52. The summed E-state index contributed by atoms with van der Waals surface area (Å²) >= 11 is 12.3. The number of hydrogen-bond donors (Lipinski definition) is 2. The lowest BCUT2D eigenvalue weighted by atomic mass is 10.3. The molecule has 0 bridgehead atoms. The van der Waals surface area contributed by atoms with Gasteiger partial charge in [0, 0.05) is 25.5 Å². The molecule has 2 aromatic rings. The molecule has 2 heterocycles. The molecule has 2 aromatic heterocycles. The number of rotatable bonds is 6. The van der Waals surface area contributed by atoms with Gasteiger partial charge in [-0.05, 0) is 30.2 Å². The maximum Gasteiger partial charge on any atom is 0.147 e. The highest BCUT2D eigenvalue weighted by molar-refractivity contribution is 6.37. The molecule has 0 atom stereocenters. The summed E-state index contributed by atoms with van der Waals surface area (Å²) < 4.78 is 0. The van der Waals surface area contributed by atoms with Crippen LogP contribution in [0.4, 0.5) is 11.6 Å². The van der Waals surface area contributed by atoms with Gasteiger partial charge in [-0.1, -0.05) is 30.1 Å². The number of nitrogens with one attached hydrogen (secondary N) is 2. The third kappa shape index (κ3) is 3.99. The quantitative estimate of drug-likeness (QED) is 0.839. The molecule has 6 heteroatoms. The van der Waals surface area contributed by atoms with E-state index in [1.54, 1.807) is 18.5 Å². The van der Waals surface area contributed by atoms with E-state index in [2.05, 4.69) is 27.5 Å². The minimum absolute atomic E-state index is 0.506. The lowest BCUT2D eigenvalue weighted by Gasteiger charge is -2.12. The van der Waals surface area contributed by atoms with Crippen LogP contribution < -0.4 is 10.6 Å². The summed E-state index contributed by atoms with van der Waals surface area (Å²) in [6.45, 7) is 3.53. The molecule has 0 aliphatic heterocycles. The largest absolute Gasteiger partial charge is 0.369 e. The van der Waals surface area contributed by atoms with E-state index in [0.29, 0.717) is 28.2 Å². The van der Waals surface area contributed by atoms with Crippen LogP contribution in [0.2, 0.25) is 10.0 Å². The van der Waals surface area contributed by atoms with Gasteiger partial charge >= 0.3 is 0 Å². The van der Waals surface area contributed by atoms with Gasteiger partial charge in [-0.25, -0.2) is 4.98 Å². The molecular formula is C14H16Cl2N4. The molecule has 2 rings (SSSR count). The normalized spacial score (nSPS) is 10.3. The molecule has 0 fully saturated rings. The fraction of sp³-hybridized carbons (Fsp3) is 0.286. The van der Waals surface area contributed by atoms with Crippen molar-refractivity contribution < 1.29 is 0 Å². The zero-order chi connectivity index (χ0) is 14.4. The summed E-state index contributed by atoms with van der Waals surface area (Å²) in [6, 6.07) is 5.57. The van der Waals surface area contributed by atoms with E-state index in [1.807, 2.05) is 12.1 Å². The molecule has 20 heavy (non-hydrogen) atoms. The zero-order valence-electron chi connectivity index (χ0n) is 11.2. The first-order chi connectivity index (χ1) is 9.70. The molecule has 106 valence electrons. The van der Waals surface area contributed by atoms with Gasteiger partial charge in [0.2, 0.25) is 0 Å². The molecule has 0 aromatic carbocycles. The Bertz CT molecular complexity index is 561. The predicted molar refractivity (Wildman–Crippen MR) is 84.6 cm³/mol.